The number of hydrogen-bond acceptors (Lipinski definition) is 5. The predicted octanol–water partition coefficient (Wildman–Crippen LogP) is 4.32. The average Bonchev–Trinajstić information content (AvgIpc) is 3.54. The Morgan fingerprint density at radius 1 is 1.09 bits per heavy atom. The molecule has 0 bridgehead atoms. The standard InChI is InChI=1S/C29H33F5N8O3/c1-16-10-18(11-16)37-28(45)41-8-6-40(7-9-41)27(44)19-5-4-17(12-21(19)30)36-26(43)25-35-13-22(39(25)3)20-14-42(15-23(31)32)38-24(20)29(2,33)34/h4-5,12-14,16,18,23H,6-11,15H2,1-3H3,(H,36,43)(H,37,45). The van der Waals surface area contributed by atoms with Crippen molar-refractivity contribution in [3.63, 3.8) is 0 Å². The number of aromatic nitrogens is 4. The van der Waals surface area contributed by atoms with Gasteiger partial charge in [-0.2, -0.15) is 13.9 Å². The van der Waals surface area contributed by atoms with Gasteiger partial charge in [-0.15, -0.1) is 0 Å². The second-order valence-corrected chi connectivity index (χ2v) is 11.6. The van der Waals surface area contributed by atoms with E-state index >= 15 is 4.39 Å². The van der Waals surface area contributed by atoms with Crippen LogP contribution in [0.3, 0.4) is 0 Å². The molecule has 16 heteroatoms. The molecular weight excluding hydrogens is 603 g/mol. The molecule has 11 nitrogen and oxygen atoms in total. The molecule has 0 unspecified atom stereocenters. The third kappa shape index (κ3) is 6.93. The highest BCUT2D eigenvalue weighted by Crippen LogP contribution is 2.35. The number of alkyl halides is 4. The Balaban J connectivity index is 1.23. The molecule has 1 aliphatic carbocycles. The smallest absolute Gasteiger partial charge is 0.317 e. The highest BCUT2D eigenvalue weighted by atomic mass is 19.3. The van der Waals surface area contributed by atoms with Crippen molar-refractivity contribution < 1.29 is 36.3 Å². The van der Waals surface area contributed by atoms with Gasteiger partial charge in [0.25, 0.3) is 24.2 Å². The molecule has 5 rings (SSSR count). The number of urea groups is 1. The van der Waals surface area contributed by atoms with Gasteiger partial charge in [0.2, 0.25) is 0 Å². The number of amides is 4. The van der Waals surface area contributed by atoms with E-state index in [-0.39, 0.29) is 53.5 Å². The maximum Gasteiger partial charge on any atom is 0.317 e. The third-order valence-electron chi connectivity index (χ3n) is 7.98. The summed E-state index contributed by atoms with van der Waals surface area (Å²) >= 11 is 0. The van der Waals surface area contributed by atoms with Crippen molar-refractivity contribution in [1.29, 1.82) is 0 Å². The van der Waals surface area contributed by atoms with E-state index in [4.69, 9.17) is 0 Å². The molecule has 0 radical (unpaired) electrons. The van der Waals surface area contributed by atoms with Crippen molar-refractivity contribution >= 4 is 23.5 Å². The van der Waals surface area contributed by atoms with Crippen LogP contribution in [0.1, 0.15) is 53.4 Å². The molecule has 2 aromatic heterocycles. The summed E-state index contributed by atoms with van der Waals surface area (Å²) in [6, 6.07) is 3.55. The molecule has 3 aromatic rings. The predicted molar refractivity (Wildman–Crippen MR) is 153 cm³/mol. The first kappa shape index (κ1) is 31.9. The van der Waals surface area contributed by atoms with E-state index in [2.05, 4.69) is 27.6 Å². The number of halogens is 5. The topological polar surface area (TPSA) is 117 Å². The first-order valence-corrected chi connectivity index (χ1v) is 14.4. The molecule has 2 N–H and O–H groups in total. The van der Waals surface area contributed by atoms with Gasteiger partial charge in [0.05, 0.1) is 17.5 Å². The Hall–Kier alpha value is -4.50. The molecule has 2 aliphatic rings. The van der Waals surface area contributed by atoms with Crippen LogP contribution < -0.4 is 10.6 Å². The van der Waals surface area contributed by atoms with Crippen LogP contribution in [0.5, 0.6) is 0 Å². The van der Waals surface area contributed by atoms with Gasteiger partial charge in [0.15, 0.2) is 5.82 Å². The first-order valence-electron chi connectivity index (χ1n) is 14.4. The lowest BCUT2D eigenvalue weighted by Crippen LogP contribution is -2.56. The van der Waals surface area contributed by atoms with Crippen LogP contribution in [0, 0.1) is 11.7 Å². The summed E-state index contributed by atoms with van der Waals surface area (Å²) in [5.41, 5.74) is -1.10. The van der Waals surface area contributed by atoms with Crippen LogP contribution >= 0.6 is 0 Å². The van der Waals surface area contributed by atoms with Gasteiger partial charge in [0.1, 0.15) is 18.1 Å². The molecule has 1 saturated heterocycles. The largest absolute Gasteiger partial charge is 0.335 e. The molecule has 242 valence electrons. The maximum atomic E-state index is 15.1. The van der Waals surface area contributed by atoms with Crippen LogP contribution in [-0.4, -0.2) is 85.6 Å². The summed E-state index contributed by atoms with van der Waals surface area (Å²) in [6.45, 7) is 2.90. The summed E-state index contributed by atoms with van der Waals surface area (Å²) in [5.74, 6) is -5.34. The van der Waals surface area contributed by atoms with Gasteiger partial charge < -0.3 is 25.0 Å². The number of nitrogens with zero attached hydrogens (tertiary/aromatic N) is 6. The van der Waals surface area contributed by atoms with Gasteiger partial charge >= 0.3 is 6.03 Å². The highest BCUT2D eigenvalue weighted by Gasteiger charge is 2.34. The monoisotopic (exact) mass is 636 g/mol. The Morgan fingerprint density at radius 3 is 2.36 bits per heavy atom. The minimum Gasteiger partial charge on any atom is -0.335 e. The first-order chi connectivity index (χ1) is 21.2. The summed E-state index contributed by atoms with van der Waals surface area (Å²) < 4.78 is 71.2. The number of imidazole rings is 1. The molecule has 45 heavy (non-hydrogen) atoms. The summed E-state index contributed by atoms with van der Waals surface area (Å²) in [7, 11) is 1.37. The van der Waals surface area contributed by atoms with Crippen LogP contribution in [0.2, 0.25) is 0 Å². The fraction of sp³-hybridized carbons (Fsp3) is 0.483. The van der Waals surface area contributed by atoms with Crippen LogP contribution in [0.15, 0.2) is 30.6 Å². The normalized spacial score (nSPS) is 18.6. The molecule has 0 atom stereocenters. The average molecular weight is 637 g/mol. The van der Waals surface area contributed by atoms with E-state index in [0.717, 1.165) is 31.3 Å². The SMILES string of the molecule is CC1CC(NC(=O)N2CCN(C(=O)c3ccc(NC(=O)c4ncc(-c5cn(CC(F)F)nc5C(C)(F)F)n4C)cc3F)CC2)C1. The van der Waals surface area contributed by atoms with E-state index in [1.807, 2.05) is 0 Å². The Labute approximate surface area is 255 Å². The van der Waals surface area contributed by atoms with E-state index in [1.54, 1.807) is 4.90 Å². The number of carbonyl (C=O) groups is 3. The maximum absolute atomic E-state index is 15.1. The molecule has 0 spiro atoms. The van der Waals surface area contributed by atoms with Crippen molar-refractivity contribution in [1.82, 2.24) is 34.4 Å². The van der Waals surface area contributed by atoms with Gasteiger partial charge in [-0.3, -0.25) is 14.3 Å². The molecule has 3 heterocycles. The summed E-state index contributed by atoms with van der Waals surface area (Å²) in [4.78, 5) is 45.6. The molecular formula is C29H33F5N8O3. The molecule has 4 amide bonds. The second kappa shape index (κ2) is 12.5. The van der Waals surface area contributed by atoms with Crippen molar-refractivity contribution in [3.8, 4) is 11.3 Å². The number of hydrogen-bond donors (Lipinski definition) is 2. The zero-order chi connectivity index (χ0) is 32.6. The number of nitrogens with one attached hydrogen (secondary N) is 2. The molecule has 1 aromatic carbocycles. The van der Waals surface area contributed by atoms with Crippen molar-refractivity contribution in [2.24, 2.45) is 13.0 Å². The van der Waals surface area contributed by atoms with Crippen molar-refractivity contribution in [2.45, 2.75) is 51.6 Å². The Bertz CT molecular complexity index is 1590. The number of anilines is 1. The summed E-state index contributed by atoms with van der Waals surface area (Å²) in [5, 5.41) is 9.06. The lowest BCUT2D eigenvalue weighted by atomic mass is 9.82. The van der Waals surface area contributed by atoms with E-state index in [1.165, 1.54) is 28.6 Å². The van der Waals surface area contributed by atoms with Gasteiger partial charge in [-0.1, -0.05) is 6.92 Å². The minimum atomic E-state index is -3.47. The molecule has 2 fully saturated rings. The second-order valence-electron chi connectivity index (χ2n) is 11.6. The van der Waals surface area contributed by atoms with Crippen molar-refractivity contribution in [3.05, 3.63) is 53.5 Å². The number of piperazine rings is 1. The van der Waals surface area contributed by atoms with E-state index < -0.39 is 42.2 Å². The quantitative estimate of drug-likeness (QED) is 0.358. The van der Waals surface area contributed by atoms with Crippen LogP contribution in [0.4, 0.5) is 32.4 Å². The van der Waals surface area contributed by atoms with Crippen LogP contribution in [-0.2, 0) is 19.5 Å². The van der Waals surface area contributed by atoms with E-state index in [9.17, 15) is 31.9 Å². The van der Waals surface area contributed by atoms with E-state index in [0.29, 0.717) is 30.6 Å². The van der Waals surface area contributed by atoms with Crippen molar-refractivity contribution in [2.75, 3.05) is 31.5 Å². The van der Waals surface area contributed by atoms with Gasteiger partial charge in [0, 0.05) is 63.6 Å². The fourth-order valence-electron chi connectivity index (χ4n) is 5.56. The third-order valence-corrected chi connectivity index (χ3v) is 7.98. The molecule has 1 aliphatic heterocycles. The van der Waals surface area contributed by atoms with Crippen LogP contribution in [0.25, 0.3) is 11.3 Å². The number of rotatable bonds is 8. The number of benzene rings is 1. The zero-order valence-electron chi connectivity index (χ0n) is 24.9. The Kier molecular flexibility index (Phi) is 8.85. The summed E-state index contributed by atoms with van der Waals surface area (Å²) in [6.07, 6.45) is 1.24. The lowest BCUT2D eigenvalue weighted by molar-refractivity contribution is 0.0120. The fourth-order valence-corrected chi connectivity index (χ4v) is 5.56. The minimum absolute atomic E-state index is 0.0101. The number of carbonyl (C=O) groups excluding carboxylic acids is 3. The Morgan fingerprint density at radius 2 is 1.76 bits per heavy atom. The van der Waals surface area contributed by atoms with Gasteiger partial charge in [-0.25, -0.2) is 22.9 Å². The zero-order valence-corrected chi connectivity index (χ0v) is 24.9. The molecule has 1 saturated carbocycles. The lowest BCUT2D eigenvalue weighted by Gasteiger charge is -2.38. The van der Waals surface area contributed by atoms with Gasteiger partial charge in [-0.05, 0) is 37.0 Å². The highest BCUT2D eigenvalue weighted by molar-refractivity contribution is 6.03.